The van der Waals surface area contributed by atoms with E-state index < -0.39 is 0 Å². The van der Waals surface area contributed by atoms with Crippen LogP contribution in [0.1, 0.15) is 32.3 Å². The summed E-state index contributed by atoms with van der Waals surface area (Å²) in [5.74, 6) is 0.472. The molecule has 0 spiro atoms. The average molecular weight is 422 g/mol. The van der Waals surface area contributed by atoms with Gasteiger partial charge in [-0.25, -0.2) is 4.98 Å². The van der Waals surface area contributed by atoms with Crippen LogP contribution in [0, 0.1) is 13.8 Å². The number of nitrogens with zero attached hydrogens (tertiary/aromatic N) is 1. The van der Waals surface area contributed by atoms with E-state index in [9.17, 15) is 4.79 Å². The number of amides is 1. The summed E-state index contributed by atoms with van der Waals surface area (Å²) in [6, 6.07) is 15.5. The van der Waals surface area contributed by atoms with Gasteiger partial charge in [0.1, 0.15) is 5.52 Å². The van der Waals surface area contributed by atoms with Crippen LogP contribution < -0.4 is 10.6 Å². The molecule has 4 aromatic rings. The van der Waals surface area contributed by atoms with Gasteiger partial charge in [-0.15, -0.1) is 11.3 Å². The minimum absolute atomic E-state index is 0.212. The maximum atomic E-state index is 12.0. The Morgan fingerprint density at radius 2 is 1.90 bits per heavy atom. The van der Waals surface area contributed by atoms with Crippen LogP contribution in [0.25, 0.3) is 11.1 Å². The zero-order valence-corrected chi connectivity index (χ0v) is 17.6. The van der Waals surface area contributed by atoms with E-state index in [4.69, 9.17) is 16.6 Å². The zero-order valence-electron chi connectivity index (χ0n) is 16.0. The Morgan fingerprint density at radius 3 is 2.62 bits per heavy atom. The van der Waals surface area contributed by atoms with Crippen molar-refractivity contribution < 1.29 is 9.21 Å². The highest BCUT2D eigenvalue weighted by atomic mass is 32.1. The van der Waals surface area contributed by atoms with E-state index in [-0.39, 0.29) is 11.0 Å². The summed E-state index contributed by atoms with van der Waals surface area (Å²) < 4.78 is 5.89. The van der Waals surface area contributed by atoms with Crippen molar-refractivity contribution in [1.82, 2.24) is 10.3 Å². The van der Waals surface area contributed by atoms with Gasteiger partial charge in [0.15, 0.2) is 16.6 Å². The average Bonchev–Trinajstić information content (AvgIpc) is 3.33. The number of fused-ring (bicyclic) bond motifs is 1. The third-order valence-electron chi connectivity index (χ3n) is 4.59. The molecule has 0 saturated carbocycles. The fraction of sp³-hybridized carbons (Fsp3) is 0.136. The highest BCUT2D eigenvalue weighted by Gasteiger charge is 2.10. The lowest BCUT2D eigenvalue weighted by Crippen LogP contribution is -2.33. The van der Waals surface area contributed by atoms with Gasteiger partial charge >= 0.3 is 0 Å². The molecule has 2 aromatic carbocycles. The van der Waals surface area contributed by atoms with Crippen molar-refractivity contribution in [3.8, 4) is 0 Å². The quantitative estimate of drug-likeness (QED) is 0.442. The second-order valence-electron chi connectivity index (χ2n) is 6.77. The number of hydrogen-bond acceptors (Lipinski definition) is 5. The number of thiocarbonyl (C=S) groups is 1. The summed E-state index contributed by atoms with van der Waals surface area (Å²) in [5.41, 5.74) is 5.97. The molecular formula is C22H19N3O2S2. The number of benzene rings is 2. The van der Waals surface area contributed by atoms with Crippen LogP contribution in [0.3, 0.4) is 0 Å². The van der Waals surface area contributed by atoms with Crippen LogP contribution in [0.2, 0.25) is 0 Å². The fourth-order valence-corrected chi connectivity index (χ4v) is 3.75. The summed E-state index contributed by atoms with van der Waals surface area (Å²) in [6.07, 6.45) is 0.604. The standard InChI is InChI=1S/C22H19N3O2S2/c1-13-10-17-18(11-14(13)2)27-20(24-17)12-15-5-7-16(8-6-15)23-22(28)25-21(26)19-4-3-9-29-19/h3-11H,12H2,1-2H3,(H2,23,25,26,28). The van der Waals surface area contributed by atoms with Crippen molar-refractivity contribution in [2.24, 2.45) is 0 Å². The van der Waals surface area contributed by atoms with Gasteiger partial charge in [-0.1, -0.05) is 18.2 Å². The van der Waals surface area contributed by atoms with Crippen LogP contribution in [0.15, 0.2) is 58.3 Å². The summed E-state index contributed by atoms with van der Waals surface area (Å²) in [4.78, 5) is 17.2. The van der Waals surface area contributed by atoms with E-state index in [1.165, 1.54) is 22.5 Å². The number of carbonyl (C=O) groups is 1. The molecule has 29 heavy (non-hydrogen) atoms. The molecule has 0 unspecified atom stereocenters. The number of aromatic nitrogens is 1. The van der Waals surface area contributed by atoms with Gasteiger partial charge in [0, 0.05) is 12.1 Å². The van der Waals surface area contributed by atoms with E-state index in [2.05, 4.69) is 35.5 Å². The Morgan fingerprint density at radius 1 is 1.14 bits per heavy atom. The van der Waals surface area contributed by atoms with Crippen LogP contribution in [-0.4, -0.2) is 16.0 Å². The number of oxazole rings is 1. The van der Waals surface area contributed by atoms with Gasteiger partial charge in [0.05, 0.1) is 4.88 Å². The Labute approximate surface area is 177 Å². The maximum absolute atomic E-state index is 12.0. The van der Waals surface area contributed by atoms with Gasteiger partial charge < -0.3 is 9.73 Å². The SMILES string of the molecule is Cc1cc2nc(Cc3ccc(NC(=S)NC(=O)c4cccs4)cc3)oc2cc1C. The van der Waals surface area contributed by atoms with Crippen LogP contribution in [0.5, 0.6) is 0 Å². The third kappa shape index (κ3) is 4.52. The van der Waals surface area contributed by atoms with Gasteiger partial charge in [-0.2, -0.15) is 0 Å². The minimum atomic E-state index is -0.212. The van der Waals surface area contributed by atoms with E-state index >= 15 is 0 Å². The molecule has 0 saturated heterocycles. The highest BCUT2D eigenvalue weighted by Crippen LogP contribution is 2.22. The summed E-state index contributed by atoms with van der Waals surface area (Å²) in [5, 5.41) is 7.82. The van der Waals surface area contributed by atoms with Crippen molar-refractivity contribution in [1.29, 1.82) is 0 Å². The van der Waals surface area contributed by atoms with E-state index in [1.54, 1.807) is 6.07 Å². The molecule has 1 amide bonds. The Hall–Kier alpha value is -3.03. The molecule has 0 aliphatic heterocycles. The number of carbonyl (C=O) groups excluding carboxylic acids is 1. The van der Waals surface area contributed by atoms with Gasteiger partial charge in [0.2, 0.25) is 0 Å². The van der Waals surface area contributed by atoms with Crippen LogP contribution in [-0.2, 0) is 6.42 Å². The smallest absolute Gasteiger partial charge is 0.267 e. The van der Waals surface area contributed by atoms with Gasteiger partial charge in [-0.3, -0.25) is 10.1 Å². The molecule has 4 rings (SSSR count). The summed E-state index contributed by atoms with van der Waals surface area (Å²) in [7, 11) is 0. The molecule has 0 bridgehead atoms. The predicted molar refractivity (Wildman–Crippen MR) is 121 cm³/mol. The first-order valence-electron chi connectivity index (χ1n) is 9.09. The first kappa shape index (κ1) is 19.3. The molecule has 7 heteroatoms. The van der Waals surface area contributed by atoms with Crippen molar-refractivity contribution in [2.75, 3.05) is 5.32 Å². The van der Waals surface area contributed by atoms with Crippen molar-refractivity contribution >= 4 is 51.4 Å². The number of anilines is 1. The number of aryl methyl sites for hydroxylation is 2. The third-order valence-corrected chi connectivity index (χ3v) is 5.66. The van der Waals surface area contributed by atoms with E-state index in [0.717, 1.165) is 22.4 Å². The number of rotatable bonds is 4. The zero-order chi connectivity index (χ0) is 20.4. The van der Waals surface area contributed by atoms with Crippen LogP contribution >= 0.6 is 23.6 Å². The Bertz CT molecular complexity index is 1140. The molecule has 5 nitrogen and oxygen atoms in total. The lowest BCUT2D eigenvalue weighted by molar-refractivity contribution is 0.0981. The van der Waals surface area contributed by atoms with E-state index in [0.29, 0.717) is 17.2 Å². The predicted octanol–water partition coefficient (Wildman–Crippen LogP) is 5.22. The minimum Gasteiger partial charge on any atom is -0.440 e. The Kier molecular flexibility index (Phi) is 5.42. The van der Waals surface area contributed by atoms with Crippen LogP contribution in [0.4, 0.5) is 5.69 Å². The maximum Gasteiger partial charge on any atom is 0.267 e. The molecular weight excluding hydrogens is 402 g/mol. The highest BCUT2D eigenvalue weighted by molar-refractivity contribution is 7.80. The lowest BCUT2D eigenvalue weighted by Gasteiger charge is -2.09. The molecule has 2 heterocycles. The molecule has 146 valence electrons. The first-order valence-corrected chi connectivity index (χ1v) is 10.4. The topological polar surface area (TPSA) is 67.2 Å². The fourth-order valence-electron chi connectivity index (χ4n) is 2.92. The molecule has 2 aromatic heterocycles. The summed E-state index contributed by atoms with van der Waals surface area (Å²) >= 11 is 6.59. The number of thiophene rings is 1. The second kappa shape index (κ2) is 8.14. The van der Waals surface area contributed by atoms with Gasteiger partial charge in [-0.05, 0) is 78.5 Å². The van der Waals surface area contributed by atoms with Crippen molar-refractivity contribution in [3.63, 3.8) is 0 Å². The van der Waals surface area contributed by atoms with Gasteiger partial charge in [0.25, 0.3) is 5.91 Å². The molecule has 0 aliphatic carbocycles. The van der Waals surface area contributed by atoms with E-state index in [1.807, 2.05) is 41.8 Å². The number of hydrogen-bond donors (Lipinski definition) is 2. The largest absolute Gasteiger partial charge is 0.440 e. The Balaban J connectivity index is 1.39. The molecule has 0 fully saturated rings. The molecule has 0 atom stereocenters. The summed E-state index contributed by atoms with van der Waals surface area (Å²) in [6.45, 7) is 4.14. The second-order valence-corrected chi connectivity index (χ2v) is 8.13. The molecule has 0 aliphatic rings. The molecule has 0 radical (unpaired) electrons. The normalized spacial score (nSPS) is 10.8. The first-order chi connectivity index (χ1) is 14.0. The van der Waals surface area contributed by atoms with Crippen molar-refractivity contribution in [2.45, 2.75) is 20.3 Å². The monoisotopic (exact) mass is 421 g/mol. The lowest BCUT2D eigenvalue weighted by atomic mass is 10.1. The number of nitrogens with one attached hydrogen (secondary N) is 2. The van der Waals surface area contributed by atoms with Crippen molar-refractivity contribution in [3.05, 3.63) is 81.4 Å². The molecule has 2 N–H and O–H groups in total.